The van der Waals surface area contributed by atoms with Gasteiger partial charge in [-0.25, -0.2) is 0 Å². The third kappa shape index (κ3) is 3.45. The number of hydrogen-bond donors (Lipinski definition) is 2. The molecule has 1 saturated carbocycles. The van der Waals surface area contributed by atoms with Crippen LogP contribution in [0.15, 0.2) is 0 Å². The fourth-order valence-corrected chi connectivity index (χ4v) is 2.84. The number of ether oxygens (including phenoxy) is 1. The van der Waals surface area contributed by atoms with Gasteiger partial charge in [-0.2, -0.15) is 0 Å². The molecule has 104 valence electrons. The molecule has 1 saturated heterocycles. The summed E-state index contributed by atoms with van der Waals surface area (Å²) in [4.78, 5) is 11.9. The summed E-state index contributed by atoms with van der Waals surface area (Å²) in [5.74, 6) is 0.631. The van der Waals surface area contributed by atoms with E-state index < -0.39 is 5.60 Å². The minimum atomic E-state index is -0.702. The van der Waals surface area contributed by atoms with Crippen LogP contribution in [0.25, 0.3) is 0 Å². The summed E-state index contributed by atoms with van der Waals surface area (Å²) in [5, 5.41) is 13.2. The normalized spacial score (nSPS) is 40.7. The predicted octanol–water partition coefficient (Wildman–Crippen LogP) is 1.61. The maximum absolute atomic E-state index is 11.9. The molecule has 0 spiro atoms. The van der Waals surface area contributed by atoms with Crippen LogP contribution in [-0.2, 0) is 9.53 Å². The molecule has 2 atom stereocenters. The highest BCUT2D eigenvalue weighted by atomic mass is 16.5. The first-order valence-corrected chi connectivity index (χ1v) is 7.14. The van der Waals surface area contributed by atoms with Gasteiger partial charge >= 0.3 is 0 Å². The summed E-state index contributed by atoms with van der Waals surface area (Å²) in [6, 6.07) is 0. The van der Waals surface area contributed by atoms with Gasteiger partial charge in [0.1, 0.15) is 6.10 Å². The highest BCUT2D eigenvalue weighted by molar-refractivity contribution is 5.81. The molecule has 0 aromatic carbocycles. The molecule has 1 aliphatic heterocycles. The quantitative estimate of drug-likeness (QED) is 0.805. The van der Waals surface area contributed by atoms with E-state index in [0.29, 0.717) is 12.5 Å². The highest BCUT2D eigenvalue weighted by Crippen LogP contribution is 2.31. The van der Waals surface area contributed by atoms with Crippen LogP contribution in [0.5, 0.6) is 0 Å². The van der Waals surface area contributed by atoms with Gasteiger partial charge in [0.2, 0.25) is 5.91 Å². The molecule has 2 fully saturated rings. The first-order valence-electron chi connectivity index (χ1n) is 7.14. The van der Waals surface area contributed by atoms with E-state index in [1.54, 1.807) is 0 Å². The molecule has 4 nitrogen and oxygen atoms in total. The van der Waals surface area contributed by atoms with Gasteiger partial charge in [-0.15, -0.1) is 0 Å². The van der Waals surface area contributed by atoms with Crippen LogP contribution in [0.4, 0.5) is 0 Å². The molecule has 0 bridgehead atoms. The second-order valence-electron chi connectivity index (χ2n) is 6.14. The Morgan fingerprint density at radius 1 is 1.28 bits per heavy atom. The average molecular weight is 255 g/mol. The Kier molecular flexibility index (Phi) is 4.28. The maximum atomic E-state index is 11.9. The summed E-state index contributed by atoms with van der Waals surface area (Å²) < 4.78 is 5.52. The number of amides is 1. The summed E-state index contributed by atoms with van der Waals surface area (Å²) in [5.41, 5.74) is -0.702. The Hall–Kier alpha value is -0.610. The molecular formula is C14H25NO3. The van der Waals surface area contributed by atoms with E-state index in [2.05, 4.69) is 12.2 Å². The van der Waals surface area contributed by atoms with E-state index in [0.717, 1.165) is 38.5 Å². The Labute approximate surface area is 109 Å². The van der Waals surface area contributed by atoms with Crippen molar-refractivity contribution in [3.8, 4) is 0 Å². The fourth-order valence-electron chi connectivity index (χ4n) is 2.84. The molecular weight excluding hydrogens is 230 g/mol. The minimum Gasteiger partial charge on any atom is -0.388 e. The zero-order chi connectivity index (χ0) is 13.2. The molecule has 1 amide bonds. The van der Waals surface area contributed by atoms with Gasteiger partial charge in [-0.05, 0) is 51.4 Å². The van der Waals surface area contributed by atoms with Crippen molar-refractivity contribution in [3.63, 3.8) is 0 Å². The van der Waals surface area contributed by atoms with E-state index >= 15 is 0 Å². The maximum Gasteiger partial charge on any atom is 0.249 e. The lowest BCUT2D eigenvalue weighted by Crippen LogP contribution is -2.47. The third-order valence-corrected chi connectivity index (χ3v) is 4.32. The molecule has 2 unspecified atom stereocenters. The summed E-state index contributed by atoms with van der Waals surface area (Å²) in [6.45, 7) is 4.57. The average Bonchev–Trinajstić information content (AvgIpc) is 2.77. The number of carbonyl (C=O) groups is 1. The van der Waals surface area contributed by atoms with E-state index in [-0.39, 0.29) is 18.1 Å². The van der Waals surface area contributed by atoms with Gasteiger partial charge < -0.3 is 15.2 Å². The number of nitrogens with one attached hydrogen (secondary N) is 1. The van der Waals surface area contributed by atoms with Crippen molar-refractivity contribution in [1.82, 2.24) is 5.32 Å². The molecule has 0 radical (unpaired) electrons. The molecule has 0 aromatic rings. The van der Waals surface area contributed by atoms with Crippen molar-refractivity contribution in [2.45, 2.75) is 70.2 Å². The van der Waals surface area contributed by atoms with Crippen molar-refractivity contribution in [2.24, 2.45) is 5.92 Å². The van der Waals surface area contributed by atoms with E-state index in [1.165, 1.54) is 0 Å². The van der Waals surface area contributed by atoms with E-state index in [1.807, 2.05) is 6.92 Å². The lowest BCUT2D eigenvalue weighted by atomic mass is 9.79. The highest BCUT2D eigenvalue weighted by Gasteiger charge is 2.34. The first kappa shape index (κ1) is 13.8. The fraction of sp³-hybridized carbons (Fsp3) is 0.929. The molecule has 2 N–H and O–H groups in total. The van der Waals surface area contributed by atoms with Gasteiger partial charge in [0.25, 0.3) is 0 Å². The van der Waals surface area contributed by atoms with Crippen molar-refractivity contribution in [1.29, 1.82) is 0 Å². The van der Waals surface area contributed by atoms with Crippen LogP contribution in [0.3, 0.4) is 0 Å². The Morgan fingerprint density at radius 2 is 1.94 bits per heavy atom. The molecule has 1 heterocycles. The lowest BCUT2D eigenvalue weighted by molar-refractivity contribution is -0.133. The summed E-state index contributed by atoms with van der Waals surface area (Å²) in [7, 11) is 0. The van der Waals surface area contributed by atoms with Gasteiger partial charge in [0.15, 0.2) is 0 Å². The van der Waals surface area contributed by atoms with Gasteiger partial charge in [0.05, 0.1) is 11.7 Å². The Balaban J connectivity index is 1.75. The molecule has 1 aliphatic carbocycles. The molecule has 2 aliphatic rings. The SMILES string of the molecule is CC1CCC(O)(CNC(=O)C2CCC(C)O2)CC1. The summed E-state index contributed by atoms with van der Waals surface area (Å²) in [6.07, 6.45) is 5.27. The second-order valence-corrected chi connectivity index (χ2v) is 6.14. The molecule has 18 heavy (non-hydrogen) atoms. The van der Waals surface area contributed by atoms with Crippen molar-refractivity contribution in [3.05, 3.63) is 0 Å². The van der Waals surface area contributed by atoms with Gasteiger partial charge in [-0.3, -0.25) is 4.79 Å². The molecule has 2 rings (SSSR count). The topological polar surface area (TPSA) is 58.6 Å². The van der Waals surface area contributed by atoms with Crippen LogP contribution in [0.1, 0.15) is 52.4 Å². The standard InChI is InChI=1S/C14H25NO3/c1-10-5-7-14(17,8-6-10)9-15-13(16)12-4-3-11(2)18-12/h10-12,17H,3-9H2,1-2H3,(H,15,16). The minimum absolute atomic E-state index is 0.0635. The summed E-state index contributed by atoms with van der Waals surface area (Å²) >= 11 is 0. The lowest BCUT2D eigenvalue weighted by Gasteiger charge is -2.35. The Morgan fingerprint density at radius 3 is 2.50 bits per heavy atom. The predicted molar refractivity (Wildman–Crippen MR) is 69.2 cm³/mol. The second kappa shape index (κ2) is 5.57. The third-order valence-electron chi connectivity index (χ3n) is 4.32. The van der Waals surface area contributed by atoms with Crippen LogP contribution < -0.4 is 5.32 Å². The number of aliphatic hydroxyl groups is 1. The molecule has 4 heteroatoms. The largest absolute Gasteiger partial charge is 0.388 e. The molecule has 0 aromatic heterocycles. The van der Waals surface area contributed by atoms with Crippen LogP contribution in [-0.4, -0.2) is 35.4 Å². The van der Waals surface area contributed by atoms with Gasteiger partial charge in [0, 0.05) is 6.54 Å². The van der Waals surface area contributed by atoms with E-state index in [9.17, 15) is 9.90 Å². The van der Waals surface area contributed by atoms with Crippen molar-refractivity contribution >= 4 is 5.91 Å². The van der Waals surface area contributed by atoms with Crippen LogP contribution >= 0.6 is 0 Å². The van der Waals surface area contributed by atoms with Crippen LogP contribution in [0.2, 0.25) is 0 Å². The zero-order valence-electron chi connectivity index (χ0n) is 11.4. The van der Waals surface area contributed by atoms with Gasteiger partial charge in [-0.1, -0.05) is 6.92 Å². The number of rotatable bonds is 3. The van der Waals surface area contributed by atoms with E-state index in [4.69, 9.17) is 4.74 Å². The zero-order valence-corrected chi connectivity index (χ0v) is 11.4. The Bertz CT molecular complexity index is 297. The monoisotopic (exact) mass is 255 g/mol. The first-order chi connectivity index (χ1) is 8.48. The van der Waals surface area contributed by atoms with Crippen molar-refractivity contribution < 1.29 is 14.6 Å². The number of hydrogen-bond acceptors (Lipinski definition) is 3. The smallest absolute Gasteiger partial charge is 0.249 e. The van der Waals surface area contributed by atoms with Crippen LogP contribution in [0, 0.1) is 5.92 Å². The van der Waals surface area contributed by atoms with Crippen molar-refractivity contribution in [2.75, 3.05) is 6.54 Å². The number of carbonyl (C=O) groups excluding carboxylic acids is 1.